The van der Waals surface area contributed by atoms with Crippen LogP contribution in [0.1, 0.15) is 17.8 Å². The third-order valence-corrected chi connectivity index (χ3v) is 3.20. The van der Waals surface area contributed by atoms with Gasteiger partial charge in [-0.3, -0.25) is 0 Å². The normalized spacial score (nSPS) is 14.1. The molecule has 0 fully saturated rings. The molecule has 0 aliphatic carbocycles. The van der Waals surface area contributed by atoms with Gasteiger partial charge in [0.1, 0.15) is 11.6 Å². The van der Waals surface area contributed by atoms with Crippen LogP contribution in [0.25, 0.3) is 11.3 Å². The van der Waals surface area contributed by atoms with Crippen molar-refractivity contribution >= 4 is 0 Å². The summed E-state index contributed by atoms with van der Waals surface area (Å²) in [6.45, 7) is 0.933. The van der Waals surface area contributed by atoms with Gasteiger partial charge in [-0.2, -0.15) is 0 Å². The van der Waals surface area contributed by atoms with Crippen LogP contribution in [-0.2, 0) is 12.8 Å². The van der Waals surface area contributed by atoms with E-state index in [0.717, 1.165) is 42.3 Å². The Kier molecular flexibility index (Phi) is 3.02. The third-order valence-electron chi connectivity index (χ3n) is 3.20. The lowest BCUT2D eigenvalue weighted by atomic mass is 10.0. The number of rotatable bonds is 3. The van der Waals surface area contributed by atoms with Gasteiger partial charge in [-0.05, 0) is 36.6 Å². The number of ether oxygens (including phenoxy) is 1. The zero-order valence-corrected chi connectivity index (χ0v) is 10.1. The van der Waals surface area contributed by atoms with Crippen LogP contribution in [0.2, 0.25) is 0 Å². The number of nitrogens with one attached hydrogen (secondary N) is 1. The maximum atomic E-state index is 8.88. The minimum absolute atomic E-state index is 0.116. The van der Waals surface area contributed by atoms with Crippen molar-refractivity contribution in [1.82, 2.24) is 9.97 Å². The van der Waals surface area contributed by atoms with Crippen molar-refractivity contribution in [2.24, 2.45) is 0 Å². The van der Waals surface area contributed by atoms with Crippen molar-refractivity contribution in [3.05, 3.63) is 35.8 Å². The predicted molar refractivity (Wildman–Crippen MR) is 68.6 cm³/mol. The molecule has 1 aromatic carbocycles. The summed E-state index contributed by atoms with van der Waals surface area (Å²) in [5, 5.41) is 8.88. The number of benzene rings is 1. The average molecular weight is 244 g/mol. The van der Waals surface area contributed by atoms with Crippen LogP contribution in [0, 0.1) is 0 Å². The summed E-state index contributed by atoms with van der Waals surface area (Å²) >= 11 is 0. The molecular formula is C14H16N2O2. The molecule has 0 radical (unpaired) electrons. The lowest BCUT2D eigenvalue weighted by Gasteiger charge is -2.17. The summed E-state index contributed by atoms with van der Waals surface area (Å²) in [5.41, 5.74) is 3.37. The number of aromatic nitrogens is 2. The number of aromatic amines is 1. The second kappa shape index (κ2) is 4.82. The summed E-state index contributed by atoms with van der Waals surface area (Å²) in [6, 6.07) is 6.22. The quantitative estimate of drug-likeness (QED) is 0.867. The third kappa shape index (κ3) is 2.11. The van der Waals surface area contributed by atoms with Gasteiger partial charge in [0.2, 0.25) is 0 Å². The smallest absolute Gasteiger partial charge is 0.122 e. The summed E-state index contributed by atoms with van der Waals surface area (Å²) < 4.78 is 5.60. The molecule has 94 valence electrons. The first-order valence-corrected chi connectivity index (χ1v) is 6.27. The van der Waals surface area contributed by atoms with E-state index in [1.165, 1.54) is 5.56 Å². The Balaban J connectivity index is 1.91. The minimum atomic E-state index is 0.116. The van der Waals surface area contributed by atoms with Crippen molar-refractivity contribution < 1.29 is 9.84 Å². The number of imidazole rings is 1. The van der Waals surface area contributed by atoms with E-state index in [4.69, 9.17) is 9.84 Å². The first-order chi connectivity index (χ1) is 8.86. The molecule has 2 N–H and O–H groups in total. The number of hydrogen-bond donors (Lipinski definition) is 2. The molecule has 4 nitrogen and oxygen atoms in total. The second-order valence-electron chi connectivity index (χ2n) is 4.49. The summed E-state index contributed by atoms with van der Waals surface area (Å²) in [6.07, 6.45) is 4.53. The number of hydrogen-bond acceptors (Lipinski definition) is 3. The zero-order valence-electron chi connectivity index (χ0n) is 10.1. The van der Waals surface area contributed by atoms with Crippen LogP contribution in [0.4, 0.5) is 0 Å². The summed E-state index contributed by atoms with van der Waals surface area (Å²) in [5.74, 6) is 1.82. The van der Waals surface area contributed by atoms with Crippen LogP contribution in [0.3, 0.4) is 0 Å². The van der Waals surface area contributed by atoms with Gasteiger partial charge in [0, 0.05) is 12.0 Å². The highest BCUT2D eigenvalue weighted by atomic mass is 16.5. The maximum absolute atomic E-state index is 8.88. The number of aliphatic hydroxyl groups is 1. The van der Waals surface area contributed by atoms with Gasteiger partial charge in [0.25, 0.3) is 0 Å². The van der Waals surface area contributed by atoms with E-state index in [1.807, 2.05) is 18.3 Å². The van der Waals surface area contributed by atoms with Crippen molar-refractivity contribution in [2.45, 2.75) is 19.3 Å². The zero-order chi connectivity index (χ0) is 12.4. The number of fused-ring (bicyclic) bond motifs is 1. The van der Waals surface area contributed by atoms with Crippen LogP contribution in [0.15, 0.2) is 24.4 Å². The molecule has 18 heavy (non-hydrogen) atoms. The van der Waals surface area contributed by atoms with Gasteiger partial charge in [0.05, 0.1) is 25.1 Å². The summed E-state index contributed by atoms with van der Waals surface area (Å²) in [7, 11) is 0. The van der Waals surface area contributed by atoms with Crippen LogP contribution >= 0.6 is 0 Å². The fraction of sp³-hybridized carbons (Fsp3) is 0.357. The fourth-order valence-corrected chi connectivity index (χ4v) is 2.27. The van der Waals surface area contributed by atoms with Crippen LogP contribution < -0.4 is 4.74 Å². The van der Waals surface area contributed by atoms with E-state index >= 15 is 0 Å². The highest BCUT2D eigenvalue weighted by molar-refractivity contribution is 5.62. The molecule has 1 aliphatic heterocycles. The van der Waals surface area contributed by atoms with E-state index in [1.54, 1.807) is 0 Å². The fourth-order valence-electron chi connectivity index (χ4n) is 2.27. The average Bonchev–Trinajstić information content (AvgIpc) is 2.87. The highest BCUT2D eigenvalue weighted by Gasteiger charge is 2.12. The lowest BCUT2D eigenvalue weighted by Crippen LogP contribution is -2.08. The SMILES string of the molecule is OCCc1ncc(-c2ccc3c(c2)CCCO3)[nH]1. The molecule has 3 rings (SSSR count). The molecule has 0 unspecified atom stereocenters. The predicted octanol–water partition coefficient (Wildman–Crippen LogP) is 1.94. The van der Waals surface area contributed by atoms with Crippen LogP contribution in [-0.4, -0.2) is 28.3 Å². The summed E-state index contributed by atoms with van der Waals surface area (Å²) in [4.78, 5) is 7.47. The number of aryl methyl sites for hydroxylation is 1. The van der Waals surface area contributed by atoms with Gasteiger partial charge in [-0.1, -0.05) is 0 Å². The monoisotopic (exact) mass is 244 g/mol. The van der Waals surface area contributed by atoms with E-state index < -0.39 is 0 Å². The molecule has 2 heterocycles. The number of H-pyrrole nitrogens is 1. The molecule has 2 aromatic rings. The van der Waals surface area contributed by atoms with Crippen molar-refractivity contribution in [3.8, 4) is 17.0 Å². The first-order valence-electron chi connectivity index (χ1n) is 6.27. The van der Waals surface area contributed by atoms with Gasteiger partial charge < -0.3 is 14.8 Å². The first kappa shape index (κ1) is 11.3. The molecule has 1 aliphatic rings. The Labute approximate surface area is 106 Å². The topological polar surface area (TPSA) is 58.1 Å². The Morgan fingerprint density at radius 2 is 2.33 bits per heavy atom. The molecule has 0 saturated heterocycles. The van der Waals surface area contributed by atoms with E-state index in [0.29, 0.717) is 6.42 Å². The highest BCUT2D eigenvalue weighted by Crippen LogP contribution is 2.29. The Morgan fingerprint density at radius 3 is 3.22 bits per heavy atom. The molecule has 0 bridgehead atoms. The van der Waals surface area contributed by atoms with Gasteiger partial charge in [-0.15, -0.1) is 0 Å². The van der Waals surface area contributed by atoms with Crippen molar-refractivity contribution in [3.63, 3.8) is 0 Å². The molecule has 1 aromatic heterocycles. The van der Waals surface area contributed by atoms with E-state index in [9.17, 15) is 0 Å². The van der Waals surface area contributed by atoms with Crippen molar-refractivity contribution in [1.29, 1.82) is 0 Å². The van der Waals surface area contributed by atoms with Gasteiger partial charge in [0.15, 0.2) is 0 Å². The van der Waals surface area contributed by atoms with Crippen molar-refractivity contribution in [2.75, 3.05) is 13.2 Å². The Morgan fingerprint density at radius 1 is 1.39 bits per heavy atom. The number of aliphatic hydroxyl groups excluding tert-OH is 1. The largest absolute Gasteiger partial charge is 0.493 e. The minimum Gasteiger partial charge on any atom is -0.493 e. The number of nitrogens with zero attached hydrogens (tertiary/aromatic N) is 1. The second-order valence-corrected chi connectivity index (χ2v) is 4.49. The van der Waals surface area contributed by atoms with E-state index in [2.05, 4.69) is 16.0 Å². The lowest BCUT2D eigenvalue weighted by molar-refractivity contribution is 0.288. The van der Waals surface area contributed by atoms with Gasteiger partial charge in [-0.25, -0.2) is 4.98 Å². The molecule has 4 heteroatoms. The molecule has 0 saturated carbocycles. The standard InChI is InChI=1S/C14H16N2O2/c17-6-5-14-15-9-12(16-14)10-3-4-13-11(8-10)2-1-7-18-13/h3-4,8-9,17H,1-2,5-7H2,(H,15,16). The van der Waals surface area contributed by atoms with Crippen LogP contribution in [0.5, 0.6) is 5.75 Å². The Bertz CT molecular complexity index is 548. The molecule has 0 spiro atoms. The van der Waals surface area contributed by atoms with Gasteiger partial charge >= 0.3 is 0 Å². The Hall–Kier alpha value is -1.81. The molecular weight excluding hydrogens is 228 g/mol. The maximum Gasteiger partial charge on any atom is 0.122 e. The molecule has 0 amide bonds. The molecule has 0 atom stereocenters. The van der Waals surface area contributed by atoms with E-state index in [-0.39, 0.29) is 6.61 Å².